The molecule has 0 radical (unpaired) electrons. The first kappa shape index (κ1) is 75.8. The van der Waals surface area contributed by atoms with Crippen molar-refractivity contribution in [3.05, 3.63) is 161 Å². The summed E-state index contributed by atoms with van der Waals surface area (Å²) in [5.74, 6) is 0.395. The van der Waals surface area contributed by atoms with Gasteiger partial charge in [-0.15, -0.1) is 0 Å². The van der Waals surface area contributed by atoms with Gasteiger partial charge in [0.25, 0.3) is 0 Å². The van der Waals surface area contributed by atoms with Gasteiger partial charge in [-0.2, -0.15) is 0 Å². The highest BCUT2D eigenvalue weighted by Gasteiger charge is 2.51. The van der Waals surface area contributed by atoms with Crippen LogP contribution in [0.4, 0.5) is 17.1 Å². The molecular formula is C73H103N3O14S3. The third-order valence-electron chi connectivity index (χ3n) is 18.8. The molecule has 0 spiro atoms. The number of phenolic OH excluding ortho intramolecular Hbond substituents is 1. The van der Waals surface area contributed by atoms with Gasteiger partial charge in [-0.1, -0.05) is 136 Å². The van der Waals surface area contributed by atoms with Crippen molar-refractivity contribution in [2.24, 2.45) is 16.2 Å². The highest BCUT2D eigenvalue weighted by molar-refractivity contribution is 7.92. The van der Waals surface area contributed by atoms with Gasteiger partial charge in [0.2, 0.25) is 0 Å². The molecule has 3 aliphatic rings. The van der Waals surface area contributed by atoms with Crippen LogP contribution in [0.25, 0.3) is 0 Å². The SMILES string of the molecule is CC.CCCC[C@@]1(CC)CS(=O)(=O)c2ccc(N)cc2[C@@H]1O.CCCC[C@]1(CC)CS(=O)(=O)c2ccc(N)cc2[C@@H](c2ccc(O)cc2)[C@H]1O.CCCC[C@]1(CC)CS(=O)(=O)c2ccc(N)cc2[C@@H](c2ccc(OCCOCCOCCOc3ccccc3)cc2)[C@H]1O. The second-order valence-electron chi connectivity index (χ2n) is 24.8. The Balaban J connectivity index is 0.000000235. The highest BCUT2D eigenvalue weighted by atomic mass is 32.2. The van der Waals surface area contributed by atoms with Crippen LogP contribution >= 0.6 is 0 Å². The first-order valence-corrected chi connectivity index (χ1v) is 38.1. The van der Waals surface area contributed by atoms with Crippen LogP contribution in [0.1, 0.15) is 178 Å². The van der Waals surface area contributed by atoms with Gasteiger partial charge >= 0.3 is 0 Å². The fourth-order valence-corrected chi connectivity index (χ4v) is 20.1. The summed E-state index contributed by atoms with van der Waals surface area (Å²) in [5.41, 5.74) is 20.3. The molecule has 20 heteroatoms. The normalized spacial score (nSPS) is 23.8. The molecule has 0 aliphatic carbocycles. The number of sulfone groups is 3. The lowest BCUT2D eigenvalue weighted by molar-refractivity contribution is 0.0173. The lowest BCUT2D eigenvalue weighted by Gasteiger charge is -2.41. The number of hydrogen-bond acceptors (Lipinski definition) is 17. The second-order valence-corrected chi connectivity index (χ2v) is 30.6. The number of nitrogens with two attached hydrogens (primary N) is 3. The molecule has 0 saturated carbocycles. The van der Waals surface area contributed by atoms with Gasteiger partial charge in [0, 0.05) is 50.7 Å². The van der Waals surface area contributed by atoms with Gasteiger partial charge in [0.15, 0.2) is 29.5 Å². The summed E-state index contributed by atoms with van der Waals surface area (Å²) in [6.45, 7) is 18.8. The van der Waals surface area contributed by atoms with E-state index >= 15 is 0 Å². The smallest absolute Gasteiger partial charge is 0.179 e. The average Bonchev–Trinajstić information content (AvgIpc) is 1.76. The number of nitrogen functional groups attached to an aromatic ring is 3. The maximum atomic E-state index is 13.6. The molecule has 17 nitrogen and oxygen atoms in total. The quantitative estimate of drug-likeness (QED) is 0.0207. The Morgan fingerprint density at radius 2 is 0.763 bits per heavy atom. The van der Waals surface area contributed by atoms with E-state index in [0.29, 0.717) is 118 Å². The summed E-state index contributed by atoms with van der Waals surface area (Å²) in [4.78, 5) is 0.730. The minimum Gasteiger partial charge on any atom is -0.508 e. The molecule has 8 atom stereocenters. The zero-order valence-electron chi connectivity index (χ0n) is 55.8. The number of phenols is 1. The van der Waals surface area contributed by atoms with Crippen molar-refractivity contribution in [1.29, 1.82) is 0 Å². The van der Waals surface area contributed by atoms with E-state index < -0.39 is 75.9 Å². The minimum atomic E-state index is -3.63. The van der Waals surface area contributed by atoms with Crippen LogP contribution in [-0.2, 0) is 39.0 Å². The topological polar surface area (TPSA) is 298 Å². The Bertz CT molecular complexity index is 3650. The summed E-state index contributed by atoms with van der Waals surface area (Å²) in [6.07, 6.45) is 6.65. The predicted octanol–water partition coefficient (Wildman–Crippen LogP) is 13.2. The third kappa shape index (κ3) is 18.6. The number of aromatic hydroxyl groups is 1. The summed E-state index contributed by atoms with van der Waals surface area (Å²) in [5, 5.41) is 44.0. The number of para-hydroxylation sites is 1. The molecule has 0 amide bonds. The van der Waals surface area contributed by atoms with E-state index in [0.717, 1.165) is 55.4 Å². The molecular weight excluding hydrogens is 1240 g/mol. The number of benzene rings is 6. The number of fused-ring (bicyclic) bond motifs is 3. The zero-order chi connectivity index (χ0) is 68.2. The van der Waals surface area contributed by atoms with Crippen molar-refractivity contribution < 1.29 is 64.6 Å². The fourth-order valence-electron chi connectivity index (χ4n) is 13.4. The number of unbranched alkanes of at least 4 members (excludes halogenated alkanes) is 3. The second kappa shape index (κ2) is 34.4. The van der Waals surface area contributed by atoms with Gasteiger partial charge in [-0.3, -0.25) is 0 Å². The van der Waals surface area contributed by atoms with Crippen LogP contribution in [0, 0.1) is 16.2 Å². The standard InChI is InChI=1S/C34H45NO7S.C22H29NO4S.C15H23NO3S.C2H6/c1-3-5-17-34(4-2)25-43(37,38)31-16-13-27(35)24-30(31)32(33(34)36)26-11-14-29(15-12-26)42-23-21-40-19-18-39-20-22-41-28-9-7-6-8-10-28;1-3-5-12-22(4-2)14-28(26,27)19-11-8-16(23)13-18(19)20(21(22)25)15-6-9-17(24)10-7-15;1-3-5-8-15(4-2)10-20(18,19)13-7-6-11(16)9-12(13)14(15)17;1-2/h6-16,24,32-33,36H,3-5,17-23,25,35H2,1-2H3;6-11,13,20-21,24-25H,3-5,12,14,23H2,1-2H3;6-7,9,14,17H,3-5,8,10,16H2,1-2H3;1-2H3/t32-,33-,34-;20-,21-,22-;14-,15-;/m110./s1. The van der Waals surface area contributed by atoms with Crippen molar-refractivity contribution >= 4 is 46.6 Å². The summed E-state index contributed by atoms with van der Waals surface area (Å²) in [6, 6.07) is 38.2. The van der Waals surface area contributed by atoms with Crippen LogP contribution in [0.2, 0.25) is 0 Å². The number of ether oxygens (including phenoxy) is 4. The molecule has 6 aromatic carbocycles. The van der Waals surface area contributed by atoms with E-state index in [-0.39, 0.29) is 37.7 Å². The fraction of sp³-hybridized carbons (Fsp3) is 0.507. The highest BCUT2D eigenvalue weighted by Crippen LogP contribution is 2.52. The lowest BCUT2D eigenvalue weighted by Crippen LogP contribution is -2.42. The molecule has 0 bridgehead atoms. The number of rotatable bonds is 25. The molecule has 512 valence electrons. The van der Waals surface area contributed by atoms with E-state index in [1.807, 2.05) is 89.2 Å². The molecule has 3 aliphatic heterocycles. The number of aliphatic hydroxyl groups excluding tert-OH is 3. The molecule has 0 fully saturated rings. The molecule has 6 aromatic rings. The predicted molar refractivity (Wildman–Crippen MR) is 371 cm³/mol. The molecule has 10 N–H and O–H groups in total. The summed E-state index contributed by atoms with van der Waals surface area (Å²) >= 11 is 0. The molecule has 0 saturated heterocycles. The van der Waals surface area contributed by atoms with E-state index in [9.17, 15) is 45.7 Å². The van der Waals surface area contributed by atoms with Crippen molar-refractivity contribution in [2.75, 3.05) is 74.1 Å². The first-order chi connectivity index (χ1) is 44.4. The number of anilines is 3. The summed E-state index contributed by atoms with van der Waals surface area (Å²) in [7, 11) is -10.6. The maximum Gasteiger partial charge on any atom is 0.179 e. The molecule has 9 rings (SSSR count). The monoisotopic (exact) mass is 1340 g/mol. The largest absolute Gasteiger partial charge is 0.508 e. The van der Waals surface area contributed by atoms with Crippen LogP contribution in [0.5, 0.6) is 17.2 Å². The van der Waals surface area contributed by atoms with Gasteiger partial charge < -0.3 is 56.6 Å². The lowest BCUT2D eigenvalue weighted by atomic mass is 9.69. The van der Waals surface area contributed by atoms with E-state index in [4.69, 9.17) is 36.1 Å². The molecule has 3 heterocycles. The summed E-state index contributed by atoms with van der Waals surface area (Å²) < 4.78 is 102. The minimum absolute atomic E-state index is 0.0224. The van der Waals surface area contributed by atoms with E-state index in [1.165, 1.54) is 6.07 Å². The number of aliphatic hydroxyl groups is 3. The average molecular weight is 1340 g/mol. The molecule has 0 aromatic heterocycles. The van der Waals surface area contributed by atoms with Crippen molar-refractivity contribution in [1.82, 2.24) is 0 Å². The Labute approximate surface area is 554 Å². The van der Waals surface area contributed by atoms with Crippen LogP contribution < -0.4 is 26.7 Å². The van der Waals surface area contributed by atoms with Crippen LogP contribution in [0.15, 0.2) is 148 Å². The van der Waals surface area contributed by atoms with Crippen molar-refractivity contribution in [3.63, 3.8) is 0 Å². The van der Waals surface area contributed by atoms with Crippen molar-refractivity contribution in [2.45, 2.75) is 177 Å². The van der Waals surface area contributed by atoms with Gasteiger partial charge in [-0.25, -0.2) is 25.3 Å². The van der Waals surface area contributed by atoms with Gasteiger partial charge in [0.1, 0.15) is 30.5 Å². The zero-order valence-corrected chi connectivity index (χ0v) is 58.2. The first-order valence-electron chi connectivity index (χ1n) is 33.2. The van der Waals surface area contributed by atoms with Gasteiger partial charge in [-0.05, 0) is 152 Å². The Kier molecular flexibility index (Phi) is 28.1. The Morgan fingerprint density at radius 1 is 0.430 bits per heavy atom. The molecule has 93 heavy (non-hydrogen) atoms. The third-order valence-corrected chi connectivity index (χ3v) is 24.8. The van der Waals surface area contributed by atoms with E-state index in [1.54, 1.807) is 72.8 Å². The molecule has 0 unspecified atom stereocenters. The Morgan fingerprint density at radius 3 is 1.15 bits per heavy atom. The van der Waals surface area contributed by atoms with Crippen LogP contribution in [-0.4, -0.2) is 115 Å². The van der Waals surface area contributed by atoms with E-state index in [2.05, 4.69) is 20.8 Å². The van der Waals surface area contributed by atoms with Gasteiger partial charge in [0.05, 0.1) is 76.7 Å². The van der Waals surface area contributed by atoms with Crippen molar-refractivity contribution in [3.8, 4) is 17.2 Å². The Hall–Kier alpha value is -6.23. The van der Waals surface area contributed by atoms with Crippen LogP contribution in [0.3, 0.4) is 0 Å². The number of hydrogen-bond donors (Lipinski definition) is 7. The maximum absolute atomic E-state index is 13.6.